The molecule has 5 heterocycles. The monoisotopic (exact) mass is 592 g/mol. The van der Waals surface area contributed by atoms with Crippen molar-refractivity contribution >= 4 is 56.5 Å². The predicted molar refractivity (Wildman–Crippen MR) is 156 cm³/mol. The van der Waals surface area contributed by atoms with Crippen LogP contribution in [0.3, 0.4) is 0 Å². The van der Waals surface area contributed by atoms with Gasteiger partial charge < -0.3 is 30.3 Å². The van der Waals surface area contributed by atoms with Crippen LogP contribution in [0.2, 0.25) is 0 Å². The molecule has 4 aliphatic rings. The molecule has 192 valence electrons. The average Bonchev–Trinajstić information content (AvgIpc) is 3.73. The standard InChI is InChI=1S/C32H17N8O.Zn/c41-23-15-7-14-22-24(23)32-39-30-21-13-6-5-12-20(21)28(37-30)35-26-17-9-2-1-8-16(17)25(33-26)34-27-18-10-3-4-11-19(18)29(36-27)38-31(22)40-32;/h1-15H,(H2-,33,34,35,36,37,38,39,40,41);/q-1;+2/p-1. The molecular formula is C32H16N8OZn. The molecule has 8 bridgehead atoms. The van der Waals surface area contributed by atoms with Gasteiger partial charge in [-0.05, 0) is 27.6 Å². The van der Waals surface area contributed by atoms with E-state index in [0.717, 1.165) is 32.7 Å². The van der Waals surface area contributed by atoms with Crippen molar-refractivity contribution in [3.8, 4) is 0 Å². The fraction of sp³-hybridized carbons (Fsp3) is 0. The Labute approximate surface area is 250 Å². The Bertz CT molecular complexity index is 2360. The molecule has 0 amide bonds. The van der Waals surface area contributed by atoms with Crippen LogP contribution in [0.1, 0.15) is 11.1 Å². The number of nitrogens with one attached hydrogen (secondary N) is 1. The molecule has 3 aromatic carbocycles. The minimum atomic E-state index is -0.159. The van der Waals surface area contributed by atoms with Gasteiger partial charge in [0.25, 0.3) is 0 Å². The number of fused-ring (bicyclic) bond motifs is 17. The molecule has 9 nitrogen and oxygen atoms in total. The van der Waals surface area contributed by atoms with E-state index in [9.17, 15) is 4.79 Å². The molecule has 5 aromatic rings. The Balaban J connectivity index is 0.00000267. The quantitative estimate of drug-likeness (QED) is 0.275. The van der Waals surface area contributed by atoms with Gasteiger partial charge in [-0.3, -0.25) is 4.79 Å². The Kier molecular flexibility index (Phi) is 5.29. The van der Waals surface area contributed by atoms with Gasteiger partial charge in [0.05, 0.1) is 28.9 Å². The largest absolute Gasteiger partial charge is 2.00 e. The second-order valence-corrected chi connectivity index (χ2v) is 9.86. The van der Waals surface area contributed by atoms with Crippen LogP contribution in [-0.2, 0) is 24.3 Å². The number of aliphatic imine (C=N–C) groups is 3. The van der Waals surface area contributed by atoms with Gasteiger partial charge in [-0.15, -0.1) is 0 Å². The number of anilines is 1. The first-order valence-electron chi connectivity index (χ1n) is 13.1. The number of hydrogen-bond acceptors (Lipinski definition) is 7. The van der Waals surface area contributed by atoms with Crippen LogP contribution in [0.15, 0.2) is 133 Å². The van der Waals surface area contributed by atoms with Crippen LogP contribution in [0.4, 0.5) is 11.6 Å². The van der Waals surface area contributed by atoms with E-state index in [1.54, 1.807) is 6.08 Å². The minimum Gasteiger partial charge on any atom is -0.398 e. The Morgan fingerprint density at radius 3 is 1.98 bits per heavy atom. The summed E-state index contributed by atoms with van der Waals surface area (Å²) in [5.74, 6) is 2.70. The van der Waals surface area contributed by atoms with Gasteiger partial charge in [0.2, 0.25) is 0 Å². The summed E-state index contributed by atoms with van der Waals surface area (Å²) in [7, 11) is 0. The van der Waals surface area contributed by atoms with E-state index in [1.165, 1.54) is 6.08 Å². The van der Waals surface area contributed by atoms with Crippen molar-refractivity contribution in [2.24, 2.45) is 25.0 Å². The number of allylic oxidation sites excluding steroid dienone is 3. The molecule has 0 unspecified atom stereocenters. The third kappa shape index (κ3) is 3.52. The van der Waals surface area contributed by atoms with Gasteiger partial charge in [-0.1, -0.05) is 84.9 Å². The van der Waals surface area contributed by atoms with Gasteiger partial charge in [0.15, 0.2) is 5.78 Å². The summed E-state index contributed by atoms with van der Waals surface area (Å²) in [4.78, 5) is 47.1. The number of carbonyl (C=O) groups excluding carboxylic acids is 1. The normalized spacial score (nSPS) is 17.7. The van der Waals surface area contributed by atoms with Crippen molar-refractivity contribution in [3.05, 3.63) is 130 Å². The van der Waals surface area contributed by atoms with Crippen molar-refractivity contribution < 1.29 is 24.3 Å². The van der Waals surface area contributed by atoms with Crippen LogP contribution >= 0.6 is 0 Å². The molecular weight excluding hydrogens is 578 g/mol. The van der Waals surface area contributed by atoms with Crippen molar-refractivity contribution in [2.45, 2.75) is 0 Å². The van der Waals surface area contributed by atoms with Gasteiger partial charge in [0.1, 0.15) is 0 Å². The molecule has 1 N–H and O–H groups in total. The number of benzene rings is 3. The number of amidine groups is 3. The second kappa shape index (κ2) is 9.09. The molecule has 3 aliphatic heterocycles. The summed E-state index contributed by atoms with van der Waals surface area (Å²) in [5.41, 5.74) is 3.76. The summed E-state index contributed by atoms with van der Waals surface area (Å²) in [6.45, 7) is 0. The topological polar surface area (TPSA) is 119 Å². The Morgan fingerprint density at radius 2 is 1.24 bits per heavy atom. The van der Waals surface area contributed by atoms with E-state index in [1.807, 2.05) is 78.9 Å². The maximum atomic E-state index is 13.1. The molecule has 9 rings (SSSR count). The van der Waals surface area contributed by atoms with Crippen molar-refractivity contribution in [1.82, 2.24) is 9.97 Å². The molecule has 2 aromatic heterocycles. The first-order chi connectivity index (χ1) is 20.2. The zero-order valence-corrected chi connectivity index (χ0v) is 24.9. The zero-order chi connectivity index (χ0) is 27.1. The molecule has 1 aliphatic carbocycles. The number of hydrogen-bond donors (Lipinski definition) is 1. The molecule has 42 heavy (non-hydrogen) atoms. The Morgan fingerprint density at radius 1 is 0.619 bits per heavy atom. The van der Waals surface area contributed by atoms with Crippen LogP contribution in [-0.4, -0.2) is 23.3 Å². The summed E-state index contributed by atoms with van der Waals surface area (Å²) in [6, 6.07) is 23.5. The second-order valence-electron chi connectivity index (χ2n) is 9.86. The zero-order valence-electron chi connectivity index (χ0n) is 21.9. The maximum Gasteiger partial charge on any atom is 2.00 e. The maximum absolute atomic E-state index is 13.1. The summed E-state index contributed by atoms with van der Waals surface area (Å²) in [6.07, 6.45) is 5.08. The molecule has 0 fully saturated rings. The minimum absolute atomic E-state index is 0. The molecule has 0 saturated carbocycles. The number of ketones is 1. The predicted octanol–water partition coefficient (Wildman–Crippen LogP) is 3.80. The van der Waals surface area contributed by atoms with E-state index in [2.05, 4.69) is 5.32 Å². The average molecular weight is 594 g/mol. The molecule has 0 spiro atoms. The van der Waals surface area contributed by atoms with Crippen molar-refractivity contribution in [2.75, 3.05) is 5.32 Å². The van der Waals surface area contributed by atoms with E-state index in [4.69, 9.17) is 34.9 Å². The number of aromatic nitrogens is 2. The number of carbonyl (C=O) groups is 1. The van der Waals surface area contributed by atoms with Gasteiger partial charge in [-0.2, -0.15) is 0 Å². The fourth-order valence-corrected chi connectivity index (χ4v) is 5.59. The first kappa shape index (κ1) is 24.5. The van der Waals surface area contributed by atoms with Gasteiger partial charge in [-0.25, -0.2) is 9.98 Å². The van der Waals surface area contributed by atoms with Crippen LogP contribution in [0.25, 0.3) is 21.5 Å². The van der Waals surface area contributed by atoms with Crippen LogP contribution in [0.5, 0.6) is 0 Å². The van der Waals surface area contributed by atoms with Crippen LogP contribution < -0.4 is 26.3 Å². The molecule has 10 heteroatoms. The summed E-state index contributed by atoms with van der Waals surface area (Å²) in [5, 5.41) is 6.69. The fourth-order valence-electron chi connectivity index (χ4n) is 5.59. The van der Waals surface area contributed by atoms with Crippen molar-refractivity contribution in [1.29, 1.82) is 0 Å². The summed E-state index contributed by atoms with van der Waals surface area (Å²) >= 11 is 0. The molecule has 0 atom stereocenters. The molecule has 0 radical (unpaired) electrons. The third-order valence-corrected chi connectivity index (χ3v) is 7.48. The first-order valence-corrected chi connectivity index (χ1v) is 13.1. The number of rotatable bonds is 0. The van der Waals surface area contributed by atoms with Crippen LogP contribution in [0, 0.1) is 0 Å². The van der Waals surface area contributed by atoms with Crippen molar-refractivity contribution in [3.63, 3.8) is 0 Å². The third-order valence-electron chi connectivity index (χ3n) is 7.48. The van der Waals surface area contributed by atoms with E-state index >= 15 is 0 Å². The SMILES string of the molecule is O=C1C=CC=C2C3=NC(=C12)Nc1[n-]c(c2ccccc12)/N=C1\N=C(N=c2[n-]c(c4ccccc24)=N3)c2ccccc21.[Zn+2]. The Hall–Kier alpha value is -5.34. The smallest absolute Gasteiger partial charge is 0.398 e. The molecule has 0 saturated heterocycles. The number of nitrogens with zero attached hydrogens (tertiary/aromatic N) is 7. The van der Waals surface area contributed by atoms with E-state index in [0.29, 0.717) is 57.1 Å². The summed E-state index contributed by atoms with van der Waals surface area (Å²) < 4.78 is 0. The van der Waals surface area contributed by atoms with E-state index in [-0.39, 0.29) is 25.3 Å². The van der Waals surface area contributed by atoms with E-state index < -0.39 is 0 Å². The van der Waals surface area contributed by atoms with Gasteiger partial charge >= 0.3 is 19.5 Å². The van der Waals surface area contributed by atoms with Gasteiger partial charge in [0, 0.05) is 39.3 Å².